The lowest BCUT2D eigenvalue weighted by atomic mass is 10.2. The van der Waals surface area contributed by atoms with Crippen molar-refractivity contribution < 1.29 is 9.15 Å². The molecule has 1 aromatic carbocycles. The number of nitriles is 2. The summed E-state index contributed by atoms with van der Waals surface area (Å²) in [6.07, 6.45) is 1.97. The van der Waals surface area contributed by atoms with Crippen molar-refractivity contribution in [2.45, 2.75) is 13.3 Å². The van der Waals surface area contributed by atoms with Crippen LogP contribution in [0.25, 0.3) is 11.5 Å². The monoisotopic (exact) mass is 295 g/mol. The van der Waals surface area contributed by atoms with E-state index in [4.69, 9.17) is 19.7 Å². The van der Waals surface area contributed by atoms with Crippen molar-refractivity contribution in [3.63, 3.8) is 0 Å². The van der Waals surface area contributed by atoms with E-state index in [1.165, 1.54) is 13.3 Å². The lowest BCUT2D eigenvalue weighted by molar-refractivity contribution is 0.417. The molecular weight excluding hydrogens is 282 g/mol. The first-order chi connectivity index (χ1) is 10.7. The minimum absolute atomic E-state index is 0.0430. The molecule has 110 valence electrons. The average molecular weight is 295 g/mol. The van der Waals surface area contributed by atoms with Crippen LogP contribution in [0.5, 0.6) is 5.75 Å². The fourth-order valence-corrected chi connectivity index (χ4v) is 1.71. The van der Waals surface area contributed by atoms with Gasteiger partial charge in [0.25, 0.3) is 0 Å². The van der Waals surface area contributed by atoms with Crippen molar-refractivity contribution in [2.24, 2.45) is 0 Å². The number of aromatic nitrogens is 2. The number of hydrogen-bond donors (Lipinski definition) is 1. The Morgan fingerprint density at radius 1 is 1.36 bits per heavy atom. The zero-order valence-electron chi connectivity index (χ0n) is 12.1. The summed E-state index contributed by atoms with van der Waals surface area (Å²) >= 11 is 0. The Bertz CT molecular complexity index is 764. The maximum Gasteiger partial charge on any atom is 0.247 e. The van der Waals surface area contributed by atoms with Gasteiger partial charge in [0.1, 0.15) is 23.5 Å². The van der Waals surface area contributed by atoms with Crippen molar-refractivity contribution in [3.05, 3.63) is 35.9 Å². The third-order valence-electron chi connectivity index (χ3n) is 2.83. The average Bonchev–Trinajstić information content (AvgIpc) is 3.04. The predicted molar refractivity (Wildman–Crippen MR) is 78.6 cm³/mol. The Morgan fingerprint density at radius 3 is 2.73 bits per heavy atom. The fourth-order valence-electron chi connectivity index (χ4n) is 1.71. The summed E-state index contributed by atoms with van der Waals surface area (Å²) in [7, 11) is 1.53. The molecule has 0 saturated carbocycles. The number of rotatable bonds is 5. The van der Waals surface area contributed by atoms with Gasteiger partial charge in [0, 0.05) is 18.2 Å². The van der Waals surface area contributed by atoms with Crippen LogP contribution in [0, 0.1) is 22.7 Å². The molecule has 0 aliphatic carbocycles. The summed E-state index contributed by atoms with van der Waals surface area (Å²) in [5, 5.41) is 28.3. The highest BCUT2D eigenvalue weighted by Crippen LogP contribution is 2.30. The number of benzene rings is 1. The molecule has 0 spiro atoms. The highest BCUT2D eigenvalue weighted by atomic mass is 16.5. The molecular formula is C15H13N5O2. The summed E-state index contributed by atoms with van der Waals surface area (Å²) in [5.41, 5.74) is 1.25. The van der Waals surface area contributed by atoms with Gasteiger partial charge in [0.05, 0.1) is 12.8 Å². The molecule has 7 heteroatoms. The van der Waals surface area contributed by atoms with Crippen molar-refractivity contribution in [1.29, 1.82) is 10.5 Å². The molecule has 0 radical (unpaired) electrons. The van der Waals surface area contributed by atoms with Gasteiger partial charge >= 0.3 is 0 Å². The SMILES string of the molecule is CCc1nnc(-c2ccc(OC)c(NC=C(C#N)C#N)c2)o1. The second-order valence-electron chi connectivity index (χ2n) is 4.20. The summed E-state index contributed by atoms with van der Waals surface area (Å²) in [4.78, 5) is 0. The highest BCUT2D eigenvalue weighted by Gasteiger charge is 2.11. The molecule has 22 heavy (non-hydrogen) atoms. The number of hydrogen-bond acceptors (Lipinski definition) is 7. The smallest absolute Gasteiger partial charge is 0.247 e. The third kappa shape index (κ3) is 3.22. The molecule has 0 fully saturated rings. The normalized spacial score (nSPS) is 9.45. The van der Waals surface area contributed by atoms with E-state index in [2.05, 4.69) is 15.5 Å². The number of aryl methyl sites for hydroxylation is 1. The minimum Gasteiger partial charge on any atom is -0.495 e. The van der Waals surface area contributed by atoms with Gasteiger partial charge in [-0.2, -0.15) is 10.5 Å². The maximum atomic E-state index is 8.75. The van der Waals surface area contributed by atoms with Crippen LogP contribution in [0.3, 0.4) is 0 Å². The van der Waals surface area contributed by atoms with E-state index in [0.29, 0.717) is 35.2 Å². The highest BCUT2D eigenvalue weighted by molar-refractivity contribution is 5.68. The van der Waals surface area contributed by atoms with E-state index >= 15 is 0 Å². The number of anilines is 1. The largest absolute Gasteiger partial charge is 0.495 e. The Balaban J connectivity index is 2.36. The van der Waals surface area contributed by atoms with Gasteiger partial charge in [-0.25, -0.2) is 0 Å². The fraction of sp³-hybridized carbons (Fsp3) is 0.200. The van der Waals surface area contributed by atoms with E-state index < -0.39 is 0 Å². The molecule has 0 amide bonds. The van der Waals surface area contributed by atoms with Crippen LogP contribution < -0.4 is 10.1 Å². The summed E-state index contributed by atoms with van der Waals surface area (Å²) < 4.78 is 10.7. The number of ether oxygens (including phenoxy) is 1. The predicted octanol–water partition coefficient (Wildman–Crippen LogP) is 2.65. The summed E-state index contributed by atoms with van der Waals surface area (Å²) in [6, 6.07) is 8.81. The van der Waals surface area contributed by atoms with Crippen molar-refractivity contribution in [1.82, 2.24) is 10.2 Å². The molecule has 2 aromatic rings. The quantitative estimate of drug-likeness (QED) is 0.844. The zero-order valence-corrected chi connectivity index (χ0v) is 12.1. The summed E-state index contributed by atoms with van der Waals surface area (Å²) in [6.45, 7) is 1.93. The molecule has 1 heterocycles. The van der Waals surface area contributed by atoms with Gasteiger partial charge in [-0.05, 0) is 18.2 Å². The third-order valence-corrected chi connectivity index (χ3v) is 2.83. The van der Waals surface area contributed by atoms with Crippen LogP contribution in [0.1, 0.15) is 12.8 Å². The van der Waals surface area contributed by atoms with Gasteiger partial charge in [-0.3, -0.25) is 0 Å². The molecule has 0 saturated heterocycles. The zero-order chi connectivity index (χ0) is 15.9. The Kier molecular flexibility index (Phi) is 4.74. The van der Waals surface area contributed by atoms with Crippen LogP contribution in [0.4, 0.5) is 5.69 Å². The Labute approximate surface area is 127 Å². The van der Waals surface area contributed by atoms with Gasteiger partial charge in [0.2, 0.25) is 11.8 Å². The standard InChI is InChI=1S/C15H13N5O2/c1-3-14-19-20-15(22-14)11-4-5-13(21-2)12(6-11)18-9-10(7-16)8-17/h4-6,9,18H,3H2,1-2H3. The minimum atomic E-state index is -0.0430. The molecule has 0 aliphatic heterocycles. The molecule has 1 N–H and O–H groups in total. The Morgan fingerprint density at radius 2 is 2.14 bits per heavy atom. The van der Waals surface area contributed by atoms with Crippen LogP contribution >= 0.6 is 0 Å². The van der Waals surface area contributed by atoms with Crippen LogP contribution in [0.2, 0.25) is 0 Å². The topological polar surface area (TPSA) is 108 Å². The second-order valence-corrected chi connectivity index (χ2v) is 4.20. The number of methoxy groups -OCH3 is 1. The van der Waals surface area contributed by atoms with E-state index in [-0.39, 0.29) is 5.57 Å². The van der Waals surface area contributed by atoms with Gasteiger partial charge in [-0.1, -0.05) is 6.92 Å². The molecule has 2 rings (SSSR count). The molecule has 7 nitrogen and oxygen atoms in total. The van der Waals surface area contributed by atoms with Crippen molar-refractivity contribution >= 4 is 5.69 Å². The first kappa shape index (κ1) is 15.1. The van der Waals surface area contributed by atoms with Gasteiger partial charge < -0.3 is 14.5 Å². The van der Waals surface area contributed by atoms with E-state index in [1.54, 1.807) is 30.3 Å². The van der Waals surface area contributed by atoms with Crippen molar-refractivity contribution in [3.8, 4) is 29.3 Å². The number of nitrogens with one attached hydrogen (secondary N) is 1. The maximum absolute atomic E-state index is 8.75. The number of nitrogens with zero attached hydrogens (tertiary/aromatic N) is 4. The second kappa shape index (κ2) is 6.91. The lowest BCUT2D eigenvalue weighted by Gasteiger charge is -2.09. The number of allylic oxidation sites excluding steroid dienone is 1. The van der Waals surface area contributed by atoms with E-state index in [9.17, 15) is 0 Å². The van der Waals surface area contributed by atoms with Gasteiger partial charge in [-0.15, -0.1) is 10.2 Å². The summed E-state index contributed by atoms with van der Waals surface area (Å²) in [5.74, 6) is 1.51. The van der Waals surface area contributed by atoms with Crippen LogP contribution in [-0.4, -0.2) is 17.3 Å². The van der Waals surface area contributed by atoms with Crippen LogP contribution in [-0.2, 0) is 6.42 Å². The lowest BCUT2D eigenvalue weighted by Crippen LogP contribution is -1.95. The Hall–Kier alpha value is -3.32. The molecule has 0 bridgehead atoms. The van der Waals surface area contributed by atoms with E-state index in [1.807, 2.05) is 6.92 Å². The van der Waals surface area contributed by atoms with Crippen molar-refractivity contribution in [2.75, 3.05) is 12.4 Å². The first-order valence-corrected chi connectivity index (χ1v) is 6.49. The molecule has 1 aromatic heterocycles. The molecule has 0 aliphatic rings. The molecule has 0 atom stereocenters. The van der Waals surface area contributed by atoms with Crippen LogP contribution in [0.15, 0.2) is 34.4 Å². The van der Waals surface area contributed by atoms with E-state index in [0.717, 1.165) is 0 Å². The van der Waals surface area contributed by atoms with Gasteiger partial charge in [0.15, 0.2) is 0 Å². The molecule has 0 unspecified atom stereocenters. The first-order valence-electron chi connectivity index (χ1n) is 6.49.